The predicted octanol–water partition coefficient (Wildman–Crippen LogP) is 1.39. The number of pyridine rings is 1. The maximum absolute atomic E-state index is 12.0. The Labute approximate surface area is 102 Å². The van der Waals surface area contributed by atoms with Gasteiger partial charge >= 0.3 is 6.18 Å². The lowest BCUT2D eigenvalue weighted by Gasteiger charge is -2.17. The van der Waals surface area contributed by atoms with Crippen molar-refractivity contribution in [3.63, 3.8) is 0 Å². The Bertz CT molecular complexity index is 422. The first-order chi connectivity index (χ1) is 8.33. The first kappa shape index (κ1) is 14.2. The number of nitrogens with one attached hydrogen (secondary N) is 1. The van der Waals surface area contributed by atoms with Gasteiger partial charge in [-0.05, 0) is 12.1 Å². The maximum atomic E-state index is 12.0. The number of carbonyl (C=O) groups is 1. The van der Waals surface area contributed by atoms with Crippen LogP contribution in [0.4, 0.5) is 18.9 Å². The van der Waals surface area contributed by atoms with Gasteiger partial charge < -0.3 is 10.3 Å². The zero-order valence-electron chi connectivity index (χ0n) is 9.66. The molecule has 1 aromatic heterocycles. The number of hydrazine groups is 1. The van der Waals surface area contributed by atoms with Crippen molar-refractivity contribution < 1.29 is 18.0 Å². The monoisotopic (exact) mass is 262 g/mol. The minimum Gasteiger partial charge on any atom is -0.340 e. The summed E-state index contributed by atoms with van der Waals surface area (Å²) in [7, 11) is 1.29. The van der Waals surface area contributed by atoms with E-state index in [0.29, 0.717) is 5.69 Å². The molecule has 1 aromatic rings. The number of hydrogen-bond acceptors (Lipinski definition) is 4. The van der Waals surface area contributed by atoms with Gasteiger partial charge in [-0.15, -0.1) is 0 Å². The van der Waals surface area contributed by atoms with Crippen LogP contribution in [0.2, 0.25) is 0 Å². The summed E-state index contributed by atoms with van der Waals surface area (Å²) in [5.41, 5.74) is 2.82. The number of carbonyl (C=O) groups excluding carboxylic acids is 1. The number of nitrogens with zero attached hydrogens (tertiary/aromatic N) is 2. The van der Waals surface area contributed by atoms with Gasteiger partial charge in [-0.1, -0.05) is 0 Å². The molecule has 1 amide bonds. The molecule has 18 heavy (non-hydrogen) atoms. The van der Waals surface area contributed by atoms with Gasteiger partial charge in [0, 0.05) is 19.8 Å². The summed E-state index contributed by atoms with van der Waals surface area (Å²) in [5, 5.41) is 0. The Balaban J connectivity index is 2.68. The average Bonchev–Trinajstić information content (AvgIpc) is 2.34. The molecule has 1 rings (SSSR count). The molecule has 0 aliphatic rings. The van der Waals surface area contributed by atoms with E-state index in [-0.39, 0.29) is 5.69 Å². The Morgan fingerprint density at radius 2 is 2.22 bits per heavy atom. The summed E-state index contributed by atoms with van der Waals surface area (Å²) in [6.07, 6.45) is -3.99. The van der Waals surface area contributed by atoms with Crippen LogP contribution in [-0.2, 0) is 0 Å². The number of anilines is 1. The zero-order chi connectivity index (χ0) is 13.8. The SMILES string of the molecule is CN(CCC(F)(F)F)C(=O)c1cc(NN)ccn1. The van der Waals surface area contributed by atoms with Crippen molar-refractivity contribution in [1.82, 2.24) is 9.88 Å². The predicted molar refractivity (Wildman–Crippen MR) is 59.7 cm³/mol. The van der Waals surface area contributed by atoms with Crippen molar-refractivity contribution in [3.8, 4) is 0 Å². The van der Waals surface area contributed by atoms with E-state index in [1.807, 2.05) is 0 Å². The lowest BCUT2D eigenvalue weighted by Crippen LogP contribution is -2.31. The summed E-state index contributed by atoms with van der Waals surface area (Å²) in [6, 6.07) is 2.90. The van der Waals surface area contributed by atoms with Gasteiger partial charge in [-0.25, -0.2) is 0 Å². The van der Waals surface area contributed by atoms with Crippen LogP contribution >= 0.6 is 0 Å². The highest BCUT2D eigenvalue weighted by atomic mass is 19.4. The van der Waals surface area contributed by atoms with Gasteiger partial charge in [0.2, 0.25) is 0 Å². The summed E-state index contributed by atoms with van der Waals surface area (Å²) in [4.78, 5) is 16.5. The van der Waals surface area contributed by atoms with Gasteiger partial charge in [-0.2, -0.15) is 13.2 Å². The minimum absolute atomic E-state index is 0.0372. The number of halogens is 3. The van der Waals surface area contributed by atoms with E-state index >= 15 is 0 Å². The fraction of sp³-hybridized carbons (Fsp3) is 0.400. The minimum atomic E-state index is -4.29. The van der Waals surface area contributed by atoms with Gasteiger partial charge in [0.05, 0.1) is 12.1 Å². The van der Waals surface area contributed by atoms with Crippen LogP contribution < -0.4 is 11.3 Å². The Kier molecular flexibility index (Phi) is 4.49. The van der Waals surface area contributed by atoms with Crippen LogP contribution in [0.3, 0.4) is 0 Å². The quantitative estimate of drug-likeness (QED) is 0.635. The first-order valence-electron chi connectivity index (χ1n) is 5.08. The molecule has 0 aliphatic heterocycles. The molecule has 1 heterocycles. The molecule has 3 N–H and O–H groups in total. The second kappa shape index (κ2) is 5.67. The van der Waals surface area contributed by atoms with E-state index in [0.717, 1.165) is 4.90 Å². The van der Waals surface area contributed by atoms with Crippen molar-refractivity contribution in [2.24, 2.45) is 5.84 Å². The number of nitrogens with two attached hydrogens (primary N) is 1. The molecular weight excluding hydrogens is 249 g/mol. The number of alkyl halides is 3. The molecule has 0 unspecified atom stereocenters. The molecule has 0 spiro atoms. The van der Waals surface area contributed by atoms with Gasteiger partial charge in [0.1, 0.15) is 5.69 Å². The second-order valence-corrected chi connectivity index (χ2v) is 3.67. The molecule has 0 aromatic carbocycles. The topological polar surface area (TPSA) is 71.2 Å². The Morgan fingerprint density at radius 3 is 2.78 bits per heavy atom. The highest BCUT2D eigenvalue weighted by molar-refractivity contribution is 5.92. The normalized spacial score (nSPS) is 11.2. The lowest BCUT2D eigenvalue weighted by atomic mass is 10.3. The highest BCUT2D eigenvalue weighted by Gasteiger charge is 2.28. The number of aromatic nitrogens is 1. The molecule has 5 nitrogen and oxygen atoms in total. The van der Waals surface area contributed by atoms with Crippen molar-refractivity contribution in [1.29, 1.82) is 0 Å². The van der Waals surface area contributed by atoms with E-state index in [1.165, 1.54) is 25.4 Å². The smallest absolute Gasteiger partial charge is 0.340 e. The third-order valence-electron chi connectivity index (χ3n) is 2.22. The summed E-state index contributed by atoms with van der Waals surface area (Å²) >= 11 is 0. The van der Waals surface area contributed by atoms with Crippen molar-refractivity contribution in [2.45, 2.75) is 12.6 Å². The van der Waals surface area contributed by atoms with E-state index in [1.54, 1.807) is 0 Å². The average molecular weight is 262 g/mol. The third-order valence-corrected chi connectivity index (χ3v) is 2.22. The summed E-state index contributed by atoms with van der Waals surface area (Å²) < 4.78 is 36.1. The number of nitrogen functional groups attached to an aromatic ring is 1. The fourth-order valence-corrected chi connectivity index (χ4v) is 1.23. The summed E-state index contributed by atoms with van der Waals surface area (Å²) in [5.74, 6) is 4.57. The van der Waals surface area contributed by atoms with Gasteiger partial charge in [0.25, 0.3) is 5.91 Å². The molecular formula is C10H13F3N4O. The van der Waals surface area contributed by atoms with Crippen LogP contribution in [0.15, 0.2) is 18.3 Å². The number of hydrogen-bond donors (Lipinski definition) is 2. The summed E-state index contributed by atoms with van der Waals surface area (Å²) in [6.45, 7) is -0.412. The number of amides is 1. The van der Waals surface area contributed by atoms with E-state index in [4.69, 9.17) is 5.84 Å². The molecule has 0 atom stereocenters. The van der Waals surface area contributed by atoms with Gasteiger partial charge in [0.15, 0.2) is 0 Å². The van der Waals surface area contributed by atoms with Gasteiger partial charge in [-0.3, -0.25) is 15.6 Å². The molecule has 0 bridgehead atoms. The van der Waals surface area contributed by atoms with E-state index in [2.05, 4.69) is 10.4 Å². The standard InChI is InChI=1S/C10H13F3N4O/c1-17(5-3-10(11,12)13)9(18)8-6-7(16-14)2-4-15-8/h2,4,6H,3,5,14H2,1H3,(H,15,16). The van der Waals surface area contributed by atoms with Crippen LogP contribution in [0.5, 0.6) is 0 Å². The Morgan fingerprint density at radius 1 is 1.56 bits per heavy atom. The molecule has 8 heteroatoms. The van der Waals surface area contributed by atoms with Crippen LogP contribution in [0.25, 0.3) is 0 Å². The van der Waals surface area contributed by atoms with Crippen LogP contribution in [-0.4, -0.2) is 35.6 Å². The van der Waals surface area contributed by atoms with Crippen LogP contribution in [0, 0.1) is 0 Å². The molecule has 0 fully saturated rings. The zero-order valence-corrected chi connectivity index (χ0v) is 9.66. The van der Waals surface area contributed by atoms with E-state index in [9.17, 15) is 18.0 Å². The molecule has 0 saturated heterocycles. The Hall–Kier alpha value is -1.83. The molecule has 0 aliphatic carbocycles. The first-order valence-corrected chi connectivity index (χ1v) is 5.08. The third kappa shape index (κ3) is 4.21. The largest absolute Gasteiger partial charge is 0.390 e. The molecule has 100 valence electrons. The van der Waals surface area contributed by atoms with E-state index < -0.39 is 25.0 Å². The number of rotatable bonds is 4. The fourth-order valence-electron chi connectivity index (χ4n) is 1.23. The second-order valence-electron chi connectivity index (χ2n) is 3.67. The van der Waals surface area contributed by atoms with Crippen molar-refractivity contribution >= 4 is 11.6 Å². The van der Waals surface area contributed by atoms with Crippen molar-refractivity contribution in [3.05, 3.63) is 24.0 Å². The van der Waals surface area contributed by atoms with Crippen LogP contribution in [0.1, 0.15) is 16.9 Å². The highest BCUT2D eigenvalue weighted by Crippen LogP contribution is 2.19. The molecule has 0 saturated carbocycles. The maximum Gasteiger partial charge on any atom is 0.390 e. The molecule has 0 radical (unpaired) electrons. The van der Waals surface area contributed by atoms with Crippen molar-refractivity contribution in [2.75, 3.05) is 19.0 Å². The lowest BCUT2D eigenvalue weighted by molar-refractivity contribution is -0.136.